The predicted molar refractivity (Wildman–Crippen MR) is 48.8 cm³/mol. The van der Waals surface area contributed by atoms with E-state index in [1.165, 1.54) is 10.6 Å². The van der Waals surface area contributed by atoms with Crippen molar-refractivity contribution in [3.8, 4) is 5.75 Å². The van der Waals surface area contributed by atoms with Crippen LogP contribution in [0.1, 0.15) is 12.6 Å². The molecule has 0 saturated carbocycles. The summed E-state index contributed by atoms with van der Waals surface area (Å²) in [7, 11) is 0. The normalized spacial score (nSPS) is 12.8. The van der Waals surface area contributed by atoms with Crippen LogP contribution in [0, 0.1) is 6.92 Å². The molecular weight excluding hydrogens is 170 g/mol. The van der Waals surface area contributed by atoms with Gasteiger partial charge in [0.2, 0.25) is 0 Å². The van der Waals surface area contributed by atoms with Gasteiger partial charge >= 0.3 is 0 Å². The average molecular weight is 183 g/mol. The van der Waals surface area contributed by atoms with Gasteiger partial charge < -0.3 is 14.8 Å². The first-order valence-corrected chi connectivity index (χ1v) is 4.09. The molecule has 1 heterocycles. The lowest BCUT2D eigenvalue weighted by Gasteiger charge is -2.11. The smallest absolute Gasteiger partial charge is 0.254 e. The highest BCUT2D eigenvalue weighted by Gasteiger charge is 2.04. The number of aliphatic hydroxyl groups is 1. The van der Waals surface area contributed by atoms with Crippen molar-refractivity contribution in [2.75, 3.05) is 0 Å². The first-order valence-electron chi connectivity index (χ1n) is 4.09. The fourth-order valence-corrected chi connectivity index (χ4v) is 1.21. The molecule has 1 aromatic heterocycles. The summed E-state index contributed by atoms with van der Waals surface area (Å²) in [6.07, 6.45) is -0.569. The minimum Gasteiger partial charge on any atom is -0.508 e. The summed E-state index contributed by atoms with van der Waals surface area (Å²) < 4.78 is 1.42. The Hall–Kier alpha value is -1.29. The number of pyridine rings is 1. The molecule has 0 aliphatic heterocycles. The molecule has 4 nitrogen and oxygen atoms in total. The Kier molecular flexibility index (Phi) is 2.72. The third-order valence-corrected chi connectivity index (χ3v) is 1.77. The predicted octanol–water partition coefficient (Wildman–Crippen LogP) is 0.243. The number of nitrogens with zero attached hydrogens (tertiary/aromatic N) is 1. The molecule has 0 aliphatic rings. The van der Waals surface area contributed by atoms with Crippen molar-refractivity contribution < 1.29 is 10.2 Å². The fraction of sp³-hybridized carbons (Fsp3) is 0.444. The number of hydrogen-bond donors (Lipinski definition) is 2. The van der Waals surface area contributed by atoms with Crippen LogP contribution in [-0.4, -0.2) is 20.9 Å². The van der Waals surface area contributed by atoms with Gasteiger partial charge in [-0.2, -0.15) is 0 Å². The van der Waals surface area contributed by atoms with Crippen molar-refractivity contribution in [2.45, 2.75) is 26.5 Å². The van der Waals surface area contributed by atoms with Crippen LogP contribution in [0.4, 0.5) is 0 Å². The molecule has 0 radical (unpaired) electrons. The molecule has 1 unspecified atom stereocenters. The van der Waals surface area contributed by atoms with Gasteiger partial charge in [0.15, 0.2) is 0 Å². The minimum atomic E-state index is -0.569. The number of aromatic hydroxyl groups is 1. The molecule has 0 spiro atoms. The molecule has 0 fully saturated rings. The van der Waals surface area contributed by atoms with E-state index >= 15 is 0 Å². The number of hydrogen-bond acceptors (Lipinski definition) is 3. The zero-order valence-corrected chi connectivity index (χ0v) is 7.69. The summed E-state index contributed by atoms with van der Waals surface area (Å²) in [5.41, 5.74) is 0.351. The van der Waals surface area contributed by atoms with Crippen molar-refractivity contribution >= 4 is 0 Å². The zero-order valence-electron chi connectivity index (χ0n) is 7.69. The van der Waals surface area contributed by atoms with Gasteiger partial charge in [0.25, 0.3) is 5.56 Å². The lowest BCUT2D eigenvalue weighted by molar-refractivity contribution is 0.171. The van der Waals surface area contributed by atoms with E-state index in [2.05, 4.69) is 0 Å². The molecule has 0 saturated heterocycles. The second-order valence-electron chi connectivity index (χ2n) is 3.15. The van der Waals surface area contributed by atoms with Crippen molar-refractivity contribution in [3.05, 3.63) is 28.2 Å². The Morgan fingerprint density at radius 3 is 2.62 bits per heavy atom. The number of aromatic nitrogens is 1. The average Bonchev–Trinajstić information content (AvgIpc) is 1.96. The van der Waals surface area contributed by atoms with Crippen molar-refractivity contribution in [1.29, 1.82) is 0 Å². The van der Waals surface area contributed by atoms with E-state index in [0.717, 1.165) is 6.07 Å². The first-order chi connectivity index (χ1) is 6.00. The van der Waals surface area contributed by atoms with Crippen molar-refractivity contribution in [3.63, 3.8) is 0 Å². The van der Waals surface area contributed by atoms with Crippen molar-refractivity contribution in [2.24, 2.45) is 0 Å². The van der Waals surface area contributed by atoms with Gasteiger partial charge in [0.1, 0.15) is 5.75 Å². The number of aliphatic hydroxyl groups excluding tert-OH is 1. The highest BCUT2D eigenvalue weighted by molar-refractivity contribution is 5.21. The van der Waals surface area contributed by atoms with Gasteiger partial charge in [0.05, 0.1) is 12.6 Å². The zero-order chi connectivity index (χ0) is 10.0. The second kappa shape index (κ2) is 3.62. The number of aryl methyl sites for hydroxylation is 1. The molecule has 0 aromatic carbocycles. The molecule has 72 valence electrons. The van der Waals surface area contributed by atoms with Gasteiger partial charge in [-0.05, 0) is 19.9 Å². The maximum absolute atomic E-state index is 11.3. The summed E-state index contributed by atoms with van der Waals surface area (Å²) >= 11 is 0. The Morgan fingerprint density at radius 1 is 1.54 bits per heavy atom. The van der Waals surface area contributed by atoms with Crippen LogP contribution in [0.5, 0.6) is 5.75 Å². The van der Waals surface area contributed by atoms with Crippen LogP contribution in [0.2, 0.25) is 0 Å². The monoisotopic (exact) mass is 183 g/mol. The second-order valence-corrected chi connectivity index (χ2v) is 3.15. The lowest BCUT2D eigenvalue weighted by atomic mass is 10.3. The number of rotatable bonds is 2. The van der Waals surface area contributed by atoms with E-state index in [1.807, 2.05) is 0 Å². The molecule has 1 rings (SSSR count). The van der Waals surface area contributed by atoms with Gasteiger partial charge in [-0.3, -0.25) is 4.79 Å². The van der Waals surface area contributed by atoms with E-state index in [4.69, 9.17) is 10.2 Å². The van der Waals surface area contributed by atoms with Gasteiger partial charge in [0, 0.05) is 11.8 Å². The summed E-state index contributed by atoms with van der Waals surface area (Å²) in [5.74, 6) is -0.0376. The summed E-state index contributed by atoms with van der Waals surface area (Å²) in [6, 6.07) is 2.62. The Bertz CT molecular complexity index is 354. The van der Waals surface area contributed by atoms with Crippen LogP contribution in [-0.2, 0) is 6.54 Å². The van der Waals surface area contributed by atoms with Crippen LogP contribution in [0.25, 0.3) is 0 Å². The van der Waals surface area contributed by atoms with Crippen molar-refractivity contribution in [1.82, 2.24) is 4.57 Å². The molecule has 0 bridgehead atoms. The molecule has 4 heteroatoms. The third-order valence-electron chi connectivity index (χ3n) is 1.77. The fourth-order valence-electron chi connectivity index (χ4n) is 1.21. The van der Waals surface area contributed by atoms with E-state index in [-0.39, 0.29) is 17.9 Å². The highest BCUT2D eigenvalue weighted by Crippen LogP contribution is 2.07. The summed E-state index contributed by atoms with van der Waals surface area (Å²) in [6.45, 7) is 3.58. The van der Waals surface area contributed by atoms with Gasteiger partial charge in [-0.15, -0.1) is 0 Å². The molecule has 13 heavy (non-hydrogen) atoms. The summed E-state index contributed by atoms with van der Waals surface area (Å²) in [4.78, 5) is 11.3. The molecule has 0 amide bonds. The molecule has 0 aliphatic carbocycles. The lowest BCUT2D eigenvalue weighted by Crippen LogP contribution is -2.26. The summed E-state index contributed by atoms with van der Waals surface area (Å²) in [5, 5.41) is 18.2. The molecule has 2 N–H and O–H groups in total. The van der Waals surface area contributed by atoms with Gasteiger partial charge in [-0.1, -0.05) is 0 Å². The van der Waals surface area contributed by atoms with Crippen LogP contribution < -0.4 is 5.56 Å². The van der Waals surface area contributed by atoms with E-state index in [1.54, 1.807) is 13.8 Å². The first kappa shape index (κ1) is 9.80. The van der Waals surface area contributed by atoms with E-state index in [0.29, 0.717) is 5.69 Å². The molecule has 1 atom stereocenters. The molecular formula is C9H13NO3. The Morgan fingerprint density at radius 2 is 2.15 bits per heavy atom. The van der Waals surface area contributed by atoms with E-state index < -0.39 is 6.10 Å². The Labute approximate surface area is 76.1 Å². The Balaban J connectivity index is 3.14. The quantitative estimate of drug-likeness (QED) is 0.690. The van der Waals surface area contributed by atoms with Crippen LogP contribution >= 0.6 is 0 Å². The van der Waals surface area contributed by atoms with Crippen LogP contribution in [0.15, 0.2) is 16.9 Å². The SMILES string of the molecule is Cc1cc(O)cc(=O)n1CC(C)O. The standard InChI is InChI=1S/C9H13NO3/c1-6-3-8(12)4-9(13)10(6)5-7(2)11/h3-4,7,11-12H,5H2,1-2H3. The van der Waals surface area contributed by atoms with E-state index in [9.17, 15) is 4.79 Å². The minimum absolute atomic E-state index is 0.0376. The highest BCUT2D eigenvalue weighted by atomic mass is 16.3. The third kappa shape index (κ3) is 2.32. The largest absolute Gasteiger partial charge is 0.508 e. The topological polar surface area (TPSA) is 62.5 Å². The van der Waals surface area contributed by atoms with Crippen LogP contribution in [0.3, 0.4) is 0 Å². The van der Waals surface area contributed by atoms with Gasteiger partial charge in [-0.25, -0.2) is 0 Å². The molecule has 1 aromatic rings. The maximum atomic E-state index is 11.3. The maximum Gasteiger partial charge on any atom is 0.254 e.